The SMILES string of the molecule is O=S(=O)(NC1CC[C@H]2CNC[C@H]2C1)c1ccccc1. The van der Waals surface area contributed by atoms with Crippen LogP contribution in [0.25, 0.3) is 0 Å². The normalized spacial score (nSPS) is 31.1. The third kappa shape index (κ3) is 2.83. The van der Waals surface area contributed by atoms with Gasteiger partial charge in [0.25, 0.3) is 0 Å². The van der Waals surface area contributed by atoms with Crippen LogP contribution in [0, 0.1) is 11.8 Å². The second kappa shape index (κ2) is 5.23. The second-order valence-corrected chi connectivity index (χ2v) is 7.34. The van der Waals surface area contributed by atoms with Crippen LogP contribution in [-0.4, -0.2) is 27.5 Å². The molecule has 19 heavy (non-hydrogen) atoms. The fourth-order valence-electron chi connectivity index (χ4n) is 3.29. The molecule has 0 spiro atoms. The van der Waals surface area contributed by atoms with E-state index in [1.165, 1.54) is 0 Å². The van der Waals surface area contributed by atoms with Gasteiger partial charge in [0.15, 0.2) is 0 Å². The molecule has 4 nitrogen and oxygen atoms in total. The van der Waals surface area contributed by atoms with Crippen molar-refractivity contribution >= 4 is 10.0 Å². The van der Waals surface area contributed by atoms with Gasteiger partial charge < -0.3 is 5.32 Å². The first-order valence-corrected chi connectivity index (χ1v) is 8.41. The number of nitrogens with one attached hydrogen (secondary N) is 2. The van der Waals surface area contributed by atoms with E-state index >= 15 is 0 Å². The molecule has 1 aromatic rings. The first-order chi connectivity index (χ1) is 9.15. The summed E-state index contributed by atoms with van der Waals surface area (Å²) >= 11 is 0. The van der Waals surface area contributed by atoms with E-state index in [1.54, 1.807) is 24.3 Å². The van der Waals surface area contributed by atoms with Crippen LogP contribution < -0.4 is 10.0 Å². The summed E-state index contributed by atoms with van der Waals surface area (Å²) in [5.41, 5.74) is 0. The van der Waals surface area contributed by atoms with Crippen LogP contribution in [0.4, 0.5) is 0 Å². The van der Waals surface area contributed by atoms with Crippen molar-refractivity contribution in [3.05, 3.63) is 30.3 Å². The zero-order chi connectivity index (χ0) is 13.3. The van der Waals surface area contributed by atoms with E-state index in [1.807, 2.05) is 6.07 Å². The lowest BCUT2D eigenvalue weighted by Crippen LogP contribution is -2.40. The summed E-state index contributed by atoms with van der Waals surface area (Å²) in [6.07, 6.45) is 3.04. The summed E-state index contributed by atoms with van der Waals surface area (Å²) in [6.45, 7) is 2.14. The van der Waals surface area contributed by atoms with Gasteiger partial charge in [-0.25, -0.2) is 13.1 Å². The first-order valence-electron chi connectivity index (χ1n) is 6.93. The largest absolute Gasteiger partial charge is 0.316 e. The zero-order valence-electron chi connectivity index (χ0n) is 10.9. The molecule has 2 fully saturated rings. The molecule has 1 aromatic carbocycles. The van der Waals surface area contributed by atoms with Crippen molar-refractivity contribution in [3.63, 3.8) is 0 Å². The summed E-state index contributed by atoms with van der Waals surface area (Å²) in [5.74, 6) is 1.38. The third-order valence-corrected chi connectivity index (χ3v) is 5.86. The van der Waals surface area contributed by atoms with Crippen LogP contribution in [0.5, 0.6) is 0 Å². The molecule has 0 aromatic heterocycles. The monoisotopic (exact) mass is 280 g/mol. The Morgan fingerprint density at radius 1 is 1.05 bits per heavy atom. The van der Waals surface area contributed by atoms with E-state index < -0.39 is 10.0 Å². The Kier molecular flexibility index (Phi) is 3.60. The lowest BCUT2D eigenvalue weighted by atomic mass is 9.79. The fourth-order valence-corrected chi connectivity index (χ4v) is 4.60. The van der Waals surface area contributed by atoms with E-state index in [0.29, 0.717) is 10.8 Å². The maximum Gasteiger partial charge on any atom is 0.240 e. The van der Waals surface area contributed by atoms with Gasteiger partial charge >= 0.3 is 0 Å². The molecule has 2 N–H and O–H groups in total. The van der Waals surface area contributed by atoms with E-state index in [4.69, 9.17) is 0 Å². The molecule has 1 saturated carbocycles. The molecule has 0 radical (unpaired) electrons. The van der Waals surface area contributed by atoms with E-state index in [0.717, 1.165) is 38.3 Å². The van der Waals surface area contributed by atoms with Crippen LogP contribution in [0.15, 0.2) is 35.2 Å². The van der Waals surface area contributed by atoms with Crippen molar-refractivity contribution in [1.29, 1.82) is 0 Å². The number of sulfonamides is 1. The summed E-state index contributed by atoms with van der Waals surface area (Å²) in [7, 11) is -3.36. The van der Waals surface area contributed by atoms with Crippen LogP contribution >= 0.6 is 0 Å². The van der Waals surface area contributed by atoms with E-state index in [9.17, 15) is 8.42 Å². The number of benzene rings is 1. The van der Waals surface area contributed by atoms with Crippen molar-refractivity contribution < 1.29 is 8.42 Å². The Hall–Kier alpha value is -0.910. The van der Waals surface area contributed by atoms with Gasteiger partial charge in [-0.1, -0.05) is 18.2 Å². The average molecular weight is 280 g/mol. The van der Waals surface area contributed by atoms with Gasteiger partial charge in [-0.15, -0.1) is 0 Å². The Labute approximate surface area is 114 Å². The minimum Gasteiger partial charge on any atom is -0.316 e. The van der Waals surface area contributed by atoms with E-state index in [2.05, 4.69) is 10.0 Å². The third-order valence-electron chi connectivity index (χ3n) is 4.33. The quantitative estimate of drug-likeness (QED) is 0.879. The molecular formula is C14H20N2O2S. The van der Waals surface area contributed by atoms with Crippen molar-refractivity contribution in [2.45, 2.75) is 30.2 Å². The summed E-state index contributed by atoms with van der Waals surface area (Å²) in [6, 6.07) is 8.72. The highest BCUT2D eigenvalue weighted by Crippen LogP contribution is 2.33. The Morgan fingerprint density at radius 2 is 1.79 bits per heavy atom. The molecule has 2 aliphatic rings. The van der Waals surface area contributed by atoms with Crippen LogP contribution in [0.1, 0.15) is 19.3 Å². The highest BCUT2D eigenvalue weighted by atomic mass is 32.2. The van der Waals surface area contributed by atoms with Gasteiger partial charge in [-0.3, -0.25) is 0 Å². The summed E-state index contributed by atoms with van der Waals surface area (Å²) in [5, 5.41) is 3.40. The van der Waals surface area contributed by atoms with Crippen molar-refractivity contribution in [2.75, 3.05) is 13.1 Å². The lowest BCUT2D eigenvalue weighted by molar-refractivity contribution is 0.260. The van der Waals surface area contributed by atoms with Gasteiger partial charge in [0.05, 0.1) is 4.90 Å². The molecule has 0 bridgehead atoms. The molecule has 1 heterocycles. The minimum absolute atomic E-state index is 0.0892. The fraction of sp³-hybridized carbons (Fsp3) is 0.571. The number of fused-ring (bicyclic) bond motifs is 1. The molecule has 1 unspecified atom stereocenters. The van der Waals surface area contributed by atoms with Crippen molar-refractivity contribution in [1.82, 2.24) is 10.0 Å². The van der Waals surface area contributed by atoms with Crippen LogP contribution in [0.2, 0.25) is 0 Å². The van der Waals surface area contributed by atoms with Crippen molar-refractivity contribution in [3.8, 4) is 0 Å². The maximum atomic E-state index is 12.3. The summed E-state index contributed by atoms with van der Waals surface area (Å²) in [4.78, 5) is 0.363. The smallest absolute Gasteiger partial charge is 0.240 e. The number of hydrogen-bond donors (Lipinski definition) is 2. The number of rotatable bonds is 3. The Morgan fingerprint density at radius 3 is 2.58 bits per heavy atom. The predicted octanol–water partition coefficient (Wildman–Crippen LogP) is 1.35. The Balaban J connectivity index is 1.68. The van der Waals surface area contributed by atoms with E-state index in [-0.39, 0.29) is 6.04 Å². The lowest BCUT2D eigenvalue weighted by Gasteiger charge is -2.31. The molecule has 1 aliphatic heterocycles. The summed E-state index contributed by atoms with van der Waals surface area (Å²) < 4.78 is 27.4. The molecule has 1 saturated heterocycles. The van der Waals surface area contributed by atoms with Gasteiger partial charge in [-0.2, -0.15) is 0 Å². The standard InChI is InChI=1S/C14H20N2O2S/c17-19(18,14-4-2-1-3-5-14)16-13-7-6-11-9-15-10-12(11)8-13/h1-5,11-13,15-16H,6-10H2/t11-,12+,13?/m0/s1. The van der Waals surface area contributed by atoms with Crippen LogP contribution in [-0.2, 0) is 10.0 Å². The topological polar surface area (TPSA) is 58.2 Å². The molecule has 0 amide bonds. The second-order valence-electron chi connectivity index (χ2n) is 5.62. The molecule has 3 atom stereocenters. The minimum atomic E-state index is -3.36. The molecule has 5 heteroatoms. The predicted molar refractivity (Wildman–Crippen MR) is 74.3 cm³/mol. The van der Waals surface area contributed by atoms with Crippen LogP contribution in [0.3, 0.4) is 0 Å². The van der Waals surface area contributed by atoms with Gasteiger partial charge in [0, 0.05) is 6.04 Å². The Bertz CT molecular complexity index is 530. The zero-order valence-corrected chi connectivity index (χ0v) is 11.7. The molecule has 104 valence electrons. The number of hydrogen-bond acceptors (Lipinski definition) is 3. The maximum absolute atomic E-state index is 12.3. The van der Waals surface area contributed by atoms with Gasteiger partial charge in [0.1, 0.15) is 0 Å². The molecular weight excluding hydrogens is 260 g/mol. The molecule has 3 rings (SSSR count). The average Bonchev–Trinajstić information content (AvgIpc) is 2.87. The van der Waals surface area contributed by atoms with Gasteiger partial charge in [0.2, 0.25) is 10.0 Å². The van der Waals surface area contributed by atoms with Gasteiger partial charge in [-0.05, 0) is 56.3 Å². The van der Waals surface area contributed by atoms with Crippen molar-refractivity contribution in [2.24, 2.45) is 11.8 Å². The highest BCUT2D eigenvalue weighted by molar-refractivity contribution is 7.89. The molecule has 1 aliphatic carbocycles. The first kappa shape index (κ1) is 13.1. The highest BCUT2D eigenvalue weighted by Gasteiger charge is 2.35.